The standard InChI is InChI=1S/C24H16Br2ClNO4/c1-30-21-12-15(10-18(26)22(21)31-13-14-6-8-16(25)9-7-14)11-20-24(29)32-23(28-20)17-4-2-3-5-19(17)27/h2-12H,13H2,1H3/b20-11-. The predicted octanol–water partition coefficient (Wildman–Crippen LogP) is 6.80. The molecule has 1 aliphatic rings. The first-order valence-corrected chi connectivity index (χ1v) is 11.4. The number of cyclic esters (lactones) is 1. The SMILES string of the molecule is COc1cc(/C=C2\N=C(c3ccccc3Cl)OC2=O)cc(Br)c1OCc1ccc(Br)cc1. The third-order valence-corrected chi connectivity index (χ3v) is 6.02. The van der Waals surface area contributed by atoms with Crippen LogP contribution in [0.1, 0.15) is 16.7 Å². The first-order valence-electron chi connectivity index (χ1n) is 9.47. The minimum absolute atomic E-state index is 0.164. The van der Waals surface area contributed by atoms with E-state index in [9.17, 15) is 4.79 Å². The molecule has 3 aromatic rings. The van der Waals surface area contributed by atoms with Gasteiger partial charge in [-0.1, -0.05) is 51.8 Å². The molecule has 0 unspecified atom stereocenters. The number of ether oxygens (including phenoxy) is 3. The van der Waals surface area contributed by atoms with Crippen LogP contribution in [0, 0.1) is 0 Å². The Labute approximate surface area is 206 Å². The number of methoxy groups -OCH3 is 1. The van der Waals surface area contributed by atoms with Crippen LogP contribution in [0.5, 0.6) is 11.5 Å². The van der Waals surface area contributed by atoms with E-state index in [0.29, 0.717) is 38.7 Å². The van der Waals surface area contributed by atoms with Gasteiger partial charge in [0, 0.05) is 4.47 Å². The molecule has 3 aromatic carbocycles. The normalized spacial score (nSPS) is 14.3. The number of aliphatic imine (C=N–C) groups is 1. The maximum Gasteiger partial charge on any atom is 0.363 e. The lowest BCUT2D eigenvalue weighted by molar-refractivity contribution is -0.129. The van der Waals surface area contributed by atoms with Gasteiger partial charge in [0.2, 0.25) is 5.90 Å². The summed E-state index contributed by atoms with van der Waals surface area (Å²) in [6, 6.07) is 18.5. The fraction of sp³-hybridized carbons (Fsp3) is 0.0833. The fourth-order valence-corrected chi connectivity index (χ4v) is 4.07. The summed E-state index contributed by atoms with van der Waals surface area (Å²) < 4.78 is 18.5. The minimum atomic E-state index is -0.550. The van der Waals surface area contributed by atoms with Crippen LogP contribution in [0.2, 0.25) is 5.02 Å². The monoisotopic (exact) mass is 575 g/mol. The molecule has 0 atom stereocenters. The number of carbonyl (C=O) groups excluding carboxylic acids is 1. The Morgan fingerprint density at radius 2 is 1.84 bits per heavy atom. The summed E-state index contributed by atoms with van der Waals surface area (Å²) >= 11 is 13.1. The van der Waals surface area contributed by atoms with E-state index in [1.807, 2.05) is 30.3 Å². The van der Waals surface area contributed by atoms with Crippen molar-refractivity contribution in [3.8, 4) is 11.5 Å². The first-order chi connectivity index (χ1) is 15.4. The number of nitrogens with zero attached hydrogens (tertiary/aromatic N) is 1. The molecule has 0 amide bonds. The molecule has 5 nitrogen and oxygen atoms in total. The van der Waals surface area contributed by atoms with Gasteiger partial charge in [0.15, 0.2) is 17.2 Å². The highest BCUT2D eigenvalue weighted by molar-refractivity contribution is 9.10. The van der Waals surface area contributed by atoms with Crippen molar-refractivity contribution >= 4 is 61.4 Å². The van der Waals surface area contributed by atoms with E-state index in [4.69, 9.17) is 25.8 Å². The van der Waals surface area contributed by atoms with Crippen molar-refractivity contribution in [1.29, 1.82) is 0 Å². The molecule has 32 heavy (non-hydrogen) atoms. The molecule has 8 heteroatoms. The lowest BCUT2D eigenvalue weighted by Gasteiger charge is -2.14. The summed E-state index contributed by atoms with van der Waals surface area (Å²) in [5.41, 5.74) is 2.43. The van der Waals surface area contributed by atoms with E-state index in [2.05, 4.69) is 36.9 Å². The molecule has 4 rings (SSSR count). The van der Waals surface area contributed by atoms with Gasteiger partial charge in [-0.25, -0.2) is 9.79 Å². The number of hydrogen-bond acceptors (Lipinski definition) is 5. The van der Waals surface area contributed by atoms with Crippen molar-refractivity contribution in [1.82, 2.24) is 0 Å². The smallest absolute Gasteiger partial charge is 0.363 e. The molecule has 162 valence electrons. The van der Waals surface area contributed by atoms with Crippen LogP contribution in [0.3, 0.4) is 0 Å². The van der Waals surface area contributed by atoms with Crippen molar-refractivity contribution in [3.63, 3.8) is 0 Å². The number of esters is 1. The Kier molecular flexibility index (Phi) is 6.98. The Hall–Kier alpha value is -2.61. The minimum Gasteiger partial charge on any atom is -0.493 e. The maximum atomic E-state index is 12.3. The van der Waals surface area contributed by atoms with Gasteiger partial charge < -0.3 is 14.2 Å². The molecule has 0 fully saturated rings. The maximum absolute atomic E-state index is 12.3. The fourth-order valence-electron chi connectivity index (χ4n) is 3.02. The number of benzene rings is 3. The van der Waals surface area contributed by atoms with E-state index < -0.39 is 5.97 Å². The molecule has 0 aliphatic carbocycles. The quantitative estimate of drug-likeness (QED) is 0.239. The average Bonchev–Trinajstić information content (AvgIpc) is 3.14. The van der Waals surface area contributed by atoms with E-state index in [-0.39, 0.29) is 11.6 Å². The Bertz CT molecular complexity index is 1240. The molecule has 0 aromatic heterocycles. The van der Waals surface area contributed by atoms with Crippen LogP contribution in [0.4, 0.5) is 0 Å². The van der Waals surface area contributed by atoms with E-state index in [1.54, 1.807) is 43.5 Å². The highest BCUT2D eigenvalue weighted by Crippen LogP contribution is 2.38. The van der Waals surface area contributed by atoms with Crippen LogP contribution in [-0.2, 0) is 16.1 Å². The third-order valence-electron chi connectivity index (χ3n) is 4.58. The Balaban J connectivity index is 1.59. The summed E-state index contributed by atoms with van der Waals surface area (Å²) in [6.07, 6.45) is 1.62. The van der Waals surface area contributed by atoms with Crippen LogP contribution in [-0.4, -0.2) is 19.0 Å². The second kappa shape index (κ2) is 9.90. The molecule has 1 heterocycles. The average molecular weight is 578 g/mol. The zero-order chi connectivity index (χ0) is 22.7. The number of rotatable bonds is 6. The molecule has 0 bridgehead atoms. The highest BCUT2D eigenvalue weighted by atomic mass is 79.9. The summed E-state index contributed by atoms with van der Waals surface area (Å²) in [7, 11) is 1.56. The first kappa shape index (κ1) is 22.6. The third kappa shape index (κ3) is 5.06. The number of halogens is 3. The summed E-state index contributed by atoms with van der Waals surface area (Å²) in [5, 5.41) is 0.456. The zero-order valence-corrected chi connectivity index (χ0v) is 20.7. The largest absolute Gasteiger partial charge is 0.493 e. The lowest BCUT2D eigenvalue weighted by Crippen LogP contribution is -2.05. The van der Waals surface area contributed by atoms with Gasteiger partial charge in [-0.3, -0.25) is 0 Å². The van der Waals surface area contributed by atoms with Gasteiger partial charge in [0.25, 0.3) is 0 Å². The van der Waals surface area contributed by atoms with Gasteiger partial charge in [-0.15, -0.1) is 0 Å². The van der Waals surface area contributed by atoms with Gasteiger partial charge in [0.05, 0.1) is 22.2 Å². The van der Waals surface area contributed by atoms with Crippen LogP contribution in [0.25, 0.3) is 6.08 Å². The second-order valence-electron chi connectivity index (χ2n) is 6.77. The van der Waals surface area contributed by atoms with E-state index in [0.717, 1.165) is 10.0 Å². The molecule has 1 aliphatic heterocycles. The van der Waals surface area contributed by atoms with E-state index >= 15 is 0 Å². The molecule has 0 saturated heterocycles. The molecular formula is C24H16Br2ClNO4. The van der Waals surface area contributed by atoms with Crippen molar-refractivity contribution in [2.75, 3.05) is 7.11 Å². The molecular weight excluding hydrogens is 562 g/mol. The predicted molar refractivity (Wildman–Crippen MR) is 131 cm³/mol. The molecule has 0 saturated carbocycles. The van der Waals surface area contributed by atoms with Crippen molar-refractivity contribution in [3.05, 3.63) is 97.0 Å². The Morgan fingerprint density at radius 3 is 2.56 bits per heavy atom. The summed E-state index contributed by atoms with van der Waals surface area (Å²) in [4.78, 5) is 16.7. The van der Waals surface area contributed by atoms with Crippen LogP contribution >= 0.6 is 43.5 Å². The van der Waals surface area contributed by atoms with Gasteiger partial charge in [0.1, 0.15) is 6.61 Å². The lowest BCUT2D eigenvalue weighted by atomic mass is 10.1. The number of carbonyl (C=O) groups is 1. The van der Waals surface area contributed by atoms with Crippen LogP contribution < -0.4 is 9.47 Å². The summed E-state index contributed by atoms with van der Waals surface area (Å²) in [5.74, 6) is 0.703. The topological polar surface area (TPSA) is 57.1 Å². The highest BCUT2D eigenvalue weighted by Gasteiger charge is 2.25. The van der Waals surface area contributed by atoms with Crippen molar-refractivity contribution < 1.29 is 19.0 Å². The van der Waals surface area contributed by atoms with Crippen molar-refractivity contribution in [2.24, 2.45) is 4.99 Å². The number of hydrogen-bond donors (Lipinski definition) is 0. The molecule has 0 N–H and O–H groups in total. The van der Waals surface area contributed by atoms with Gasteiger partial charge in [-0.05, 0) is 69.5 Å². The van der Waals surface area contributed by atoms with E-state index in [1.165, 1.54) is 0 Å². The molecule has 0 radical (unpaired) electrons. The van der Waals surface area contributed by atoms with Gasteiger partial charge >= 0.3 is 5.97 Å². The Morgan fingerprint density at radius 1 is 1.09 bits per heavy atom. The zero-order valence-electron chi connectivity index (χ0n) is 16.8. The second-order valence-corrected chi connectivity index (χ2v) is 8.94. The summed E-state index contributed by atoms with van der Waals surface area (Å²) in [6.45, 7) is 0.375. The van der Waals surface area contributed by atoms with Crippen LogP contribution in [0.15, 0.2) is 80.3 Å². The van der Waals surface area contributed by atoms with Crippen molar-refractivity contribution in [2.45, 2.75) is 6.61 Å². The molecule has 0 spiro atoms. The van der Waals surface area contributed by atoms with Gasteiger partial charge in [-0.2, -0.15) is 0 Å².